The van der Waals surface area contributed by atoms with Gasteiger partial charge in [0.2, 0.25) is 5.91 Å². The number of imide groups is 1. The van der Waals surface area contributed by atoms with Gasteiger partial charge in [0.05, 0.1) is 26.0 Å². The van der Waals surface area contributed by atoms with Gasteiger partial charge in [0.25, 0.3) is 5.91 Å². The second kappa shape index (κ2) is 12.2. The zero-order valence-electron chi connectivity index (χ0n) is 20.2. The Morgan fingerprint density at radius 3 is 2.50 bits per heavy atom. The average molecular weight is 498 g/mol. The molecule has 1 heterocycles. The van der Waals surface area contributed by atoms with Gasteiger partial charge in [-0.1, -0.05) is 18.2 Å². The van der Waals surface area contributed by atoms with Crippen molar-refractivity contribution in [1.82, 2.24) is 10.2 Å². The van der Waals surface area contributed by atoms with E-state index in [4.69, 9.17) is 18.9 Å². The third kappa shape index (κ3) is 6.53. The van der Waals surface area contributed by atoms with Crippen LogP contribution in [0.2, 0.25) is 0 Å². The van der Waals surface area contributed by atoms with Gasteiger partial charge < -0.3 is 29.6 Å². The van der Waals surface area contributed by atoms with Crippen LogP contribution in [0.1, 0.15) is 19.4 Å². The van der Waals surface area contributed by atoms with E-state index in [0.29, 0.717) is 35.1 Å². The Balaban J connectivity index is 1.71. The van der Waals surface area contributed by atoms with E-state index in [1.807, 2.05) is 0 Å². The van der Waals surface area contributed by atoms with E-state index >= 15 is 0 Å². The number of carbonyl (C=O) groups excluding carboxylic acids is 4. The molecule has 11 heteroatoms. The molecule has 0 bridgehead atoms. The molecule has 0 aliphatic carbocycles. The monoisotopic (exact) mass is 497 g/mol. The zero-order chi connectivity index (χ0) is 26.1. The summed E-state index contributed by atoms with van der Waals surface area (Å²) in [4.78, 5) is 50.0. The number of rotatable bonds is 11. The summed E-state index contributed by atoms with van der Waals surface area (Å²) >= 11 is 0. The lowest BCUT2D eigenvalue weighted by Gasteiger charge is -2.13. The SMILES string of the molecule is CCOC(=O)COc1ccc(/C=C2/NC(=O)N(CC(=O)Nc3ccccc3OC)C2=O)cc1OCC. The number of benzene rings is 2. The predicted octanol–water partition coefficient (Wildman–Crippen LogP) is 2.57. The van der Waals surface area contributed by atoms with Crippen LogP contribution in [0.5, 0.6) is 17.2 Å². The van der Waals surface area contributed by atoms with Crippen molar-refractivity contribution in [2.45, 2.75) is 13.8 Å². The van der Waals surface area contributed by atoms with Gasteiger partial charge in [-0.25, -0.2) is 14.5 Å². The van der Waals surface area contributed by atoms with E-state index in [9.17, 15) is 19.2 Å². The number of esters is 1. The third-order valence-corrected chi connectivity index (χ3v) is 4.87. The fourth-order valence-electron chi connectivity index (χ4n) is 3.30. The van der Waals surface area contributed by atoms with Crippen molar-refractivity contribution in [1.29, 1.82) is 0 Å². The molecule has 0 aromatic heterocycles. The fraction of sp³-hybridized carbons (Fsp3) is 0.280. The molecule has 11 nitrogen and oxygen atoms in total. The Kier molecular flexibility index (Phi) is 8.87. The van der Waals surface area contributed by atoms with E-state index < -0.39 is 30.4 Å². The van der Waals surface area contributed by atoms with Crippen LogP contribution in [-0.4, -0.2) is 62.2 Å². The molecule has 1 saturated heterocycles. The number of nitrogens with one attached hydrogen (secondary N) is 2. The number of urea groups is 1. The van der Waals surface area contributed by atoms with E-state index in [2.05, 4.69) is 10.6 Å². The number of nitrogens with zero attached hydrogens (tertiary/aromatic N) is 1. The molecule has 1 aliphatic heterocycles. The van der Waals surface area contributed by atoms with Crippen LogP contribution in [0.3, 0.4) is 0 Å². The first-order chi connectivity index (χ1) is 17.4. The van der Waals surface area contributed by atoms with Gasteiger partial charge in [-0.2, -0.15) is 0 Å². The molecular weight excluding hydrogens is 470 g/mol. The molecule has 1 aliphatic rings. The maximum atomic E-state index is 12.8. The normalized spacial score (nSPS) is 13.9. The molecular formula is C25H27N3O8. The van der Waals surface area contributed by atoms with Crippen molar-refractivity contribution < 1.29 is 38.1 Å². The minimum absolute atomic E-state index is 0.00673. The number of anilines is 1. The number of carbonyl (C=O) groups is 4. The molecule has 2 aromatic carbocycles. The first-order valence-electron chi connectivity index (χ1n) is 11.2. The van der Waals surface area contributed by atoms with Crippen LogP contribution in [0.4, 0.5) is 10.5 Å². The van der Waals surface area contributed by atoms with Crippen LogP contribution in [0.15, 0.2) is 48.2 Å². The molecule has 0 unspecified atom stereocenters. The van der Waals surface area contributed by atoms with Crippen molar-refractivity contribution in [2.75, 3.05) is 38.8 Å². The topological polar surface area (TPSA) is 132 Å². The molecule has 0 radical (unpaired) electrons. The first-order valence-corrected chi connectivity index (χ1v) is 11.2. The van der Waals surface area contributed by atoms with E-state index in [0.717, 1.165) is 4.90 Å². The summed E-state index contributed by atoms with van der Waals surface area (Å²) in [5.41, 5.74) is 0.945. The maximum absolute atomic E-state index is 12.8. The number of hydrogen-bond acceptors (Lipinski definition) is 8. The van der Waals surface area contributed by atoms with Crippen molar-refractivity contribution >= 4 is 35.6 Å². The third-order valence-electron chi connectivity index (χ3n) is 4.87. The summed E-state index contributed by atoms with van der Waals surface area (Å²) in [6.45, 7) is 3.30. The molecule has 1 fully saturated rings. The van der Waals surface area contributed by atoms with Crippen molar-refractivity contribution in [2.24, 2.45) is 0 Å². The van der Waals surface area contributed by atoms with Crippen LogP contribution >= 0.6 is 0 Å². The lowest BCUT2D eigenvalue weighted by atomic mass is 10.1. The van der Waals surface area contributed by atoms with Crippen molar-refractivity contribution in [3.8, 4) is 17.2 Å². The number of para-hydroxylation sites is 2. The Hall–Kier alpha value is -4.54. The summed E-state index contributed by atoms with van der Waals surface area (Å²) in [5, 5.41) is 5.10. The highest BCUT2D eigenvalue weighted by atomic mass is 16.6. The summed E-state index contributed by atoms with van der Waals surface area (Å²) in [6, 6.07) is 10.9. The molecule has 190 valence electrons. The average Bonchev–Trinajstić information content (AvgIpc) is 3.11. The lowest BCUT2D eigenvalue weighted by Crippen LogP contribution is -2.38. The van der Waals surface area contributed by atoms with Gasteiger partial charge in [0, 0.05) is 0 Å². The van der Waals surface area contributed by atoms with Crippen LogP contribution in [0.25, 0.3) is 6.08 Å². The molecule has 3 rings (SSSR count). The summed E-state index contributed by atoms with van der Waals surface area (Å²) in [5.74, 6) is -0.616. The molecule has 4 amide bonds. The van der Waals surface area contributed by atoms with Crippen LogP contribution < -0.4 is 24.8 Å². The Morgan fingerprint density at radius 1 is 1.00 bits per heavy atom. The minimum atomic E-state index is -0.721. The number of hydrogen-bond donors (Lipinski definition) is 2. The van der Waals surface area contributed by atoms with E-state index in [-0.39, 0.29) is 18.9 Å². The lowest BCUT2D eigenvalue weighted by molar-refractivity contribution is -0.145. The molecule has 2 aromatic rings. The highest BCUT2D eigenvalue weighted by Crippen LogP contribution is 2.30. The second-order valence-corrected chi connectivity index (χ2v) is 7.36. The van der Waals surface area contributed by atoms with E-state index in [1.165, 1.54) is 13.2 Å². The maximum Gasteiger partial charge on any atom is 0.344 e. The van der Waals surface area contributed by atoms with Gasteiger partial charge in [-0.05, 0) is 49.8 Å². The zero-order valence-corrected chi connectivity index (χ0v) is 20.2. The number of amides is 4. The minimum Gasteiger partial charge on any atom is -0.495 e. The van der Waals surface area contributed by atoms with Gasteiger partial charge in [0.1, 0.15) is 18.0 Å². The van der Waals surface area contributed by atoms with Gasteiger partial charge in [-0.15, -0.1) is 0 Å². The molecule has 2 N–H and O–H groups in total. The quantitative estimate of drug-likeness (QED) is 0.275. The Bertz CT molecular complexity index is 1180. The first kappa shape index (κ1) is 26.1. The fourth-order valence-corrected chi connectivity index (χ4v) is 3.30. The Morgan fingerprint density at radius 2 is 1.78 bits per heavy atom. The van der Waals surface area contributed by atoms with Crippen molar-refractivity contribution in [3.05, 3.63) is 53.7 Å². The van der Waals surface area contributed by atoms with Crippen LogP contribution in [-0.2, 0) is 19.1 Å². The summed E-state index contributed by atoms with van der Waals surface area (Å²) in [7, 11) is 1.47. The smallest absolute Gasteiger partial charge is 0.344 e. The van der Waals surface area contributed by atoms with Gasteiger partial charge in [-0.3, -0.25) is 9.59 Å². The molecule has 36 heavy (non-hydrogen) atoms. The van der Waals surface area contributed by atoms with E-state index in [1.54, 1.807) is 56.3 Å². The van der Waals surface area contributed by atoms with Crippen molar-refractivity contribution in [3.63, 3.8) is 0 Å². The van der Waals surface area contributed by atoms with Gasteiger partial charge in [0.15, 0.2) is 18.1 Å². The predicted molar refractivity (Wildman–Crippen MR) is 130 cm³/mol. The standard InChI is InChI=1S/C25H27N3O8/c1-4-34-21-13-16(10-11-20(21)36-15-23(30)35-5-2)12-18-24(31)28(25(32)27-18)14-22(29)26-17-8-6-7-9-19(17)33-3/h6-13H,4-5,14-15H2,1-3H3,(H,26,29)(H,27,32)/b18-12+. The molecule has 0 saturated carbocycles. The largest absolute Gasteiger partial charge is 0.495 e. The van der Waals surface area contributed by atoms with Gasteiger partial charge >= 0.3 is 12.0 Å². The Labute approximate surface area is 207 Å². The highest BCUT2D eigenvalue weighted by molar-refractivity contribution is 6.16. The number of ether oxygens (including phenoxy) is 4. The summed E-state index contributed by atoms with van der Waals surface area (Å²) < 4.78 is 21.1. The summed E-state index contributed by atoms with van der Waals surface area (Å²) in [6.07, 6.45) is 1.45. The number of methoxy groups -OCH3 is 1. The molecule has 0 atom stereocenters. The van der Waals surface area contributed by atoms with Crippen LogP contribution in [0, 0.1) is 0 Å². The molecule has 0 spiro atoms. The second-order valence-electron chi connectivity index (χ2n) is 7.36. The highest BCUT2D eigenvalue weighted by Gasteiger charge is 2.35.